The van der Waals surface area contributed by atoms with Gasteiger partial charge in [-0.15, -0.1) is 0 Å². The van der Waals surface area contributed by atoms with Crippen molar-refractivity contribution in [2.45, 2.75) is 12.8 Å². The Morgan fingerprint density at radius 2 is 2.20 bits per heavy atom. The molecular weight excluding hydrogens is 261 g/mol. The number of halogens is 2. The molecule has 0 bridgehead atoms. The standard InChI is InChI=1S/C10H13BrFN3/c11-4-8-2-1-3-15(7-8)10-13-5-9(12)6-14-10/h5-6,8H,1-4,7H2/t8-/m0/s1. The van der Waals surface area contributed by atoms with Gasteiger partial charge in [-0.3, -0.25) is 0 Å². The zero-order valence-electron chi connectivity index (χ0n) is 8.37. The maximum atomic E-state index is 12.6. The van der Waals surface area contributed by atoms with Gasteiger partial charge in [0.25, 0.3) is 0 Å². The molecule has 5 heteroatoms. The lowest BCUT2D eigenvalue weighted by atomic mass is 10.0. The van der Waals surface area contributed by atoms with Crippen LogP contribution in [0.4, 0.5) is 10.3 Å². The van der Waals surface area contributed by atoms with Crippen molar-refractivity contribution in [3.63, 3.8) is 0 Å². The molecule has 1 aliphatic heterocycles. The van der Waals surface area contributed by atoms with Gasteiger partial charge in [-0.25, -0.2) is 14.4 Å². The van der Waals surface area contributed by atoms with E-state index in [2.05, 4.69) is 30.8 Å². The minimum absolute atomic E-state index is 0.382. The summed E-state index contributed by atoms with van der Waals surface area (Å²) >= 11 is 3.50. The lowest BCUT2D eigenvalue weighted by Gasteiger charge is -2.31. The monoisotopic (exact) mass is 273 g/mol. The maximum Gasteiger partial charge on any atom is 0.225 e. The van der Waals surface area contributed by atoms with Crippen LogP contribution in [0.2, 0.25) is 0 Å². The van der Waals surface area contributed by atoms with E-state index in [-0.39, 0.29) is 5.82 Å². The van der Waals surface area contributed by atoms with E-state index in [1.165, 1.54) is 18.8 Å². The smallest absolute Gasteiger partial charge is 0.225 e. The molecule has 0 amide bonds. The van der Waals surface area contributed by atoms with Crippen LogP contribution in [0.5, 0.6) is 0 Å². The highest BCUT2D eigenvalue weighted by molar-refractivity contribution is 9.09. The molecule has 1 aromatic heterocycles. The summed E-state index contributed by atoms with van der Waals surface area (Å²) < 4.78 is 12.6. The highest BCUT2D eigenvalue weighted by Gasteiger charge is 2.20. The summed E-state index contributed by atoms with van der Waals surface area (Å²) in [5.41, 5.74) is 0. The molecule has 0 aliphatic carbocycles. The third-order valence-corrected chi connectivity index (χ3v) is 3.54. The molecular formula is C10H13BrFN3. The minimum atomic E-state index is -0.382. The van der Waals surface area contributed by atoms with Crippen molar-refractivity contribution in [1.82, 2.24) is 9.97 Å². The van der Waals surface area contributed by atoms with Crippen LogP contribution >= 0.6 is 15.9 Å². The number of piperidine rings is 1. The van der Waals surface area contributed by atoms with Crippen LogP contribution < -0.4 is 4.90 Å². The molecule has 0 saturated carbocycles. The summed E-state index contributed by atoms with van der Waals surface area (Å²) in [7, 11) is 0. The molecule has 1 aliphatic rings. The SMILES string of the molecule is Fc1cnc(N2CCC[C@@H](CBr)C2)nc1. The van der Waals surface area contributed by atoms with Gasteiger partial charge in [0.05, 0.1) is 12.4 Å². The van der Waals surface area contributed by atoms with Crippen molar-refractivity contribution >= 4 is 21.9 Å². The van der Waals surface area contributed by atoms with Crippen LogP contribution in [0, 0.1) is 11.7 Å². The third-order valence-electron chi connectivity index (χ3n) is 2.63. The Morgan fingerprint density at radius 1 is 1.47 bits per heavy atom. The van der Waals surface area contributed by atoms with Gasteiger partial charge in [0, 0.05) is 18.4 Å². The molecule has 3 nitrogen and oxygen atoms in total. The highest BCUT2D eigenvalue weighted by atomic mass is 79.9. The maximum absolute atomic E-state index is 12.6. The molecule has 15 heavy (non-hydrogen) atoms. The second-order valence-corrected chi connectivity index (χ2v) is 4.46. The molecule has 0 aromatic carbocycles. The van der Waals surface area contributed by atoms with Gasteiger partial charge in [0.2, 0.25) is 5.95 Å². The number of hydrogen-bond acceptors (Lipinski definition) is 3. The van der Waals surface area contributed by atoms with Crippen LogP contribution in [-0.4, -0.2) is 28.4 Å². The van der Waals surface area contributed by atoms with E-state index in [0.29, 0.717) is 11.9 Å². The van der Waals surface area contributed by atoms with Gasteiger partial charge in [-0.05, 0) is 18.8 Å². The summed E-state index contributed by atoms with van der Waals surface area (Å²) in [4.78, 5) is 10.1. The first kappa shape index (κ1) is 10.8. The first-order valence-electron chi connectivity index (χ1n) is 5.08. The second kappa shape index (κ2) is 4.88. The second-order valence-electron chi connectivity index (χ2n) is 3.81. The van der Waals surface area contributed by atoms with Crippen molar-refractivity contribution in [3.05, 3.63) is 18.2 Å². The van der Waals surface area contributed by atoms with E-state index in [1.54, 1.807) is 0 Å². The predicted molar refractivity (Wildman–Crippen MR) is 60.7 cm³/mol. The van der Waals surface area contributed by atoms with Gasteiger partial charge in [-0.1, -0.05) is 15.9 Å². The summed E-state index contributed by atoms with van der Waals surface area (Å²) in [5, 5.41) is 1.00. The molecule has 1 aromatic rings. The quantitative estimate of drug-likeness (QED) is 0.774. The van der Waals surface area contributed by atoms with E-state index in [9.17, 15) is 4.39 Å². The van der Waals surface area contributed by atoms with Crippen molar-refractivity contribution in [1.29, 1.82) is 0 Å². The average Bonchev–Trinajstić information content (AvgIpc) is 2.30. The van der Waals surface area contributed by atoms with Gasteiger partial charge in [-0.2, -0.15) is 0 Å². The Labute approximate surface area is 96.8 Å². The van der Waals surface area contributed by atoms with Crippen LogP contribution in [0.15, 0.2) is 12.4 Å². The molecule has 0 radical (unpaired) electrons. The largest absolute Gasteiger partial charge is 0.341 e. The molecule has 2 heterocycles. The Balaban J connectivity index is 2.06. The van der Waals surface area contributed by atoms with Crippen molar-refractivity contribution in [2.24, 2.45) is 5.92 Å². The Hall–Kier alpha value is -0.710. The number of aromatic nitrogens is 2. The number of nitrogens with zero attached hydrogens (tertiary/aromatic N) is 3. The Bertz CT molecular complexity index is 317. The lowest BCUT2D eigenvalue weighted by Crippen LogP contribution is -2.37. The van der Waals surface area contributed by atoms with E-state index in [4.69, 9.17) is 0 Å². The summed E-state index contributed by atoms with van der Waals surface area (Å²) in [6, 6.07) is 0. The van der Waals surface area contributed by atoms with Gasteiger partial charge < -0.3 is 4.90 Å². The molecule has 1 atom stereocenters. The zero-order valence-corrected chi connectivity index (χ0v) is 9.95. The summed E-state index contributed by atoms with van der Waals surface area (Å²) in [5.74, 6) is 0.905. The third kappa shape index (κ3) is 2.65. The highest BCUT2D eigenvalue weighted by Crippen LogP contribution is 2.21. The Morgan fingerprint density at radius 3 is 2.87 bits per heavy atom. The van der Waals surface area contributed by atoms with Crippen molar-refractivity contribution < 1.29 is 4.39 Å². The van der Waals surface area contributed by atoms with Crippen molar-refractivity contribution in [2.75, 3.05) is 23.3 Å². The zero-order chi connectivity index (χ0) is 10.7. The predicted octanol–water partition coefficient (Wildman–Crippen LogP) is 2.23. The molecule has 1 saturated heterocycles. The van der Waals surface area contributed by atoms with E-state index >= 15 is 0 Å². The van der Waals surface area contributed by atoms with Gasteiger partial charge >= 0.3 is 0 Å². The fraction of sp³-hybridized carbons (Fsp3) is 0.600. The number of alkyl halides is 1. The molecule has 0 spiro atoms. The fourth-order valence-electron chi connectivity index (χ4n) is 1.84. The van der Waals surface area contributed by atoms with Crippen LogP contribution in [-0.2, 0) is 0 Å². The van der Waals surface area contributed by atoms with Crippen LogP contribution in [0.1, 0.15) is 12.8 Å². The first-order chi connectivity index (χ1) is 7.29. The number of hydrogen-bond donors (Lipinski definition) is 0. The molecule has 2 rings (SSSR count). The fourth-order valence-corrected chi connectivity index (χ4v) is 2.37. The first-order valence-corrected chi connectivity index (χ1v) is 6.20. The molecule has 0 unspecified atom stereocenters. The number of rotatable bonds is 2. The van der Waals surface area contributed by atoms with E-state index in [1.807, 2.05) is 0 Å². The molecule has 1 fully saturated rings. The van der Waals surface area contributed by atoms with Crippen molar-refractivity contribution in [3.8, 4) is 0 Å². The van der Waals surface area contributed by atoms with E-state index < -0.39 is 0 Å². The average molecular weight is 274 g/mol. The van der Waals surface area contributed by atoms with Crippen LogP contribution in [0.25, 0.3) is 0 Å². The topological polar surface area (TPSA) is 29.0 Å². The summed E-state index contributed by atoms with van der Waals surface area (Å²) in [6.07, 6.45) is 4.83. The number of anilines is 1. The molecule has 82 valence electrons. The van der Waals surface area contributed by atoms with Gasteiger partial charge in [0.15, 0.2) is 5.82 Å². The van der Waals surface area contributed by atoms with E-state index in [0.717, 1.165) is 24.8 Å². The normalized spacial score (nSPS) is 21.7. The molecule has 0 N–H and O–H groups in total. The Kier molecular flexibility index (Phi) is 3.51. The lowest BCUT2D eigenvalue weighted by molar-refractivity contribution is 0.449. The summed E-state index contributed by atoms with van der Waals surface area (Å²) in [6.45, 7) is 1.92. The van der Waals surface area contributed by atoms with Crippen LogP contribution in [0.3, 0.4) is 0 Å². The van der Waals surface area contributed by atoms with Gasteiger partial charge in [0.1, 0.15) is 0 Å². The minimum Gasteiger partial charge on any atom is -0.341 e.